The normalized spacial score (nSPS) is 14.7. The predicted octanol–water partition coefficient (Wildman–Crippen LogP) is 3.65. The Hall–Kier alpha value is -1.95. The second kappa shape index (κ2) is 9.37. The fourth-order valence-corrected chi connectivity index (χ4v) is 2.93. The summed E-state index contributed by atoms with van der Waals surface area (Å²) in [5.41, 5.74) is 1.21. The van der Waals surface area contributed by atoms with Gasteiger partial charge in [0.1, 0.15) is 0 Å². The number of carbonyl (C=O) groups is 2. The van der Waals surface area contributed by atoms with Gasteiger partial charge in [0.05, 0.1) is 12.2 Å². The fourth-order valence-electron chi connectivity index (χ4n) is 2.71. The van der Waals surface area contributed by atoms with E-state index in [0.29, 0.717) is 12.2 Å². The SMILES string of the molecule is CCCOC(=O)c1ccc(NC(=S)NC(=O)C2CCCCC2)cc1. The van der Waals surface area contributed by atoms with Gasteiger partial charge in [-0.1, -0.05) is 26.2 Å². The molecule has 0 aliphatic heterocycles. The van der Waals surface area contributed by atoms with Crippen LogP contribution in [-0.4, -0.2) is 23.6 Å². The molecule has 24 heavy (non-hydrogen) atoms. The van der Waals surface area contributed by atoms with E-state index in [4.69, 9.17) is 17.0 Å². The van der Waals surface area contributed by atoms with Crippen molar-refractivity contribution in [2.75, 3.05) is 11.9 Å². The van der Waals surface area contributed by atoms with Gasteiger partial charge in [0.25, 0.3) is 0 Å². The van der Waals surface area contributed by atoms with E-state index in [-0.39, 0.29) is 22.9 Å². The summed E-state index contributed by atoms with van der Waals surface area (Å²) in [5.74, 6) is -0.280. The Morgan fingerprint density at radius 1 is 1.17 bits per heavy atom. The molecule has 0 unspecified atom stereocenters. The lowest BCUT2D eigenvalue weighted by molar-refractivity contribution is -0.124. The number of hydrogen-bond acceptors (Lipinski definition) is 4. The number of thiocarbonyl (C=S) groups is 1. The van der Waals surface area contributed by atoms with Gasteiger partial charge in [0.2, 0.25) is 5.91 Å². The topological polar surface area (TPSA) is 67.4 Å². The molecule has 1 amide bonds. The highest BCUT2D eigenvalue weighted by molar-refractivity contribution is 7.80. The highest BCUT2D eigenvalue weighted by Crippen LogP contribution is 2.23. The average molecular weight is 348 g/mol. The maximum atomic E-state index is 12.1. The van der Waals surface area contributed by atoms with E-state index in [9.17, 15) is 9.59 Å². The van der Waals surface area contributed by atoms with E-state index < -0.39 is 0 Å². The zero-order valence-corrected chi connectivity index (χ0v) is 14.8. The highest BCUT2D eigenvalue weighted by Gasteiger charge is 2.21. The van der Waals surface area contributed by atoms with E-state index in [1.807, 2.05) is 6.92 Å². The van der Waals surface area contributed by atoms with Crippen molar-refractivity contribution in [2.45, 2.75) is 45.4 Å². The van der Waals surface area contributed by atoms with E-state index in [0.717, 1.165) is 37.8 Å². The van der Waals surface area contributed by atoms with Crippen LogP contribution in [0.3, 0.4) is 0 Å². The van der Waals surface area contributed by atoms with Crippen LogP contribution in [0.15, 0.2) is 24.3 Å². The molecule has 6 heteroatoms. The second-order valence-corrected chi connectivity index (χ2v) is 6.40. The molecule has 5 nitrogen and oxygen atoms in total. The van der Waals surface area contributed by atoms with Gasteiger partial charge < -0.3 is 15.4 Å². The Morgan fingerprint density at radius 3 is 2.46 bits per heavy atom. The lowest BCUT2D eigenvalue weighted by Crippen LogP contribution is -2.38. The van der Waals surface area contributed by atoms with Gasteiger partial charge in [-0.2, -0.15) is 0 Å². The van der Waals surface area contributed by atoms with Crippen LogP contribution in [-0.2, 0) is 9.53 Å². The summed E-state index contributed by atoms with van der Waals surface area (Å²) >= 11 is 5.19. The Bertz CT molecular complexity index is 580. The van der Waals surface area contributed by atoms with Crippen molar-refractivity contribution in [2.24, 2.45) is 5.92 Å². The molecule has 2 rings (SSSR count). The molecule has 0 bridgehead atoms. The number of hydrogen-bond donors (Lipinski definition) is 2. The van der Waals surface area contributed by atoms with Crippen LogP contribution >= 0.6 is 12.2 Å². The second-order valence-electron chi connectivity index (χ2n) is 5.99. The van der Waals surface area contributed by atoms with Crippen LogP contribution < -0.4 is 10.6 Å². The number of anilines is 1. The van der Waals surface area contributed by atoms with Gasteiger partial charge in [0, 0.05) is 11.6 Å². The number of amides is 1. The molecule has 1 aliphatic rings. The third-order valence-corrected chi connectivity index (χ3v) is 4.23. The number of nitrogens with one attached hydrogen (secondary N) is 2. The molecule has 0 atom stereocenters. The van der Waals surface area contributed by atoms with E-state index in [1.54, 1.807) is 24.3 Å². The minimum absolute atomic E-state index is 0.00744. The Kier molecular flexibility index (Phi) is 7.18. The first-order valence-electron chi connectivity index (χ1n) is 8.49. The minimum atomic E-state index is -0.337. The summed E-state index contributed by atoms with van der Waals surface area (Å²) in [5, 5.41) is 6.01. The molecular formula is C18H24N2O3S. The molecule has 0 aromatic heterocycles. The largest absolute Gasteiger partial charge is 0.462 e. The third kappa shape index (κ3) is 5.60. The standard InChI is InChI=1S/C18H24N2O3S/c1-2-12-23-17(22)14-8-10-15(11-9-14)19-18(24)20-16(21)13-6-4-3-5-7-13/h8-11,13H,2-7,12H2,1H3,(H2,19,20,21,24). The zero-order valence-electron chi connectivity index (χ0n) is 14.0. The summed E-state index contributed by atoms with van der Waals surface area (Å²) in [6, 6.07) is 6.82. The van der Waals surface area contributed by atoms with Crippen molar-refractivity contribution in [1.82, 2.24) is 5.32 Å². The van der Waals surface area contributed by atoms with Gasteiger partial charge >= 0.3 is 5.97 Å². The molecule has 1 saturated carbocycles. The molecule has 0 saturated heterocycles. The van der Waals surface area contributed by atoms with Gasteiger partial charge in [-0.05, 0) is 55.7 Å². The highest BCUT2D eigenvalue weighted by atomic mass is 32.1. The number of carbonyl (C=O) groups excluding carboxylic acids is 2. The molecule has 1 aromatic carbocycles. The predicted molar refractivity (Wildman–Crippen MR) is 98.0 cm³/mol. The molecule has 2 N–H and O–H groups in total. The maximum Gasteiger partial charge on any atom is 0.338 e. The maximum absolute atomic E-state index is 12.1. The monoisotopic (exact) mass is 348 g/mol. The molecule has 0 spiro atoms. The van der Waals surface area contributed by atoms with Crippen molar-refractivity contribution in [1.29, 1.82) is 0 Å². The molecule has 0 radical (unpaired) electrons. The van der Waals surface area contributed by atoms with Crippen molar-refractivity contribution >= 4 is 34.9 Å². The van der Waals surface area contributed by atoms with Crippen LogP contribution in [0.1, 0.15) is 55.8 Å². The van der Waals surface area contributed by atoms with E-state index in [1.165, 1.54) is 6.42 Å². The molecular weight excluding hydrogens is 324 g/mol. The van der Waals surface area contributed by atoms with Crippen LogP contribution in [0.25, 0.3) is 0 Å². The van der Waals surface area contributed by atoms with E-state index in [2.05, 4.69) is 10.6 Å². The number of rotatable bonds is 5. The summed E-state index contributed by atoms with van der Waals surface area (Å²) in [4.78, 5) is 23.9. The minimum Gasteiger partial charge on any atom is -0.462 e. The Morgan fingerprint density at radius 2 is 1.83 bits per heavy atom. The molecule has 0 heterocycles. The summed E-state index contributed by atoms with van der Waals surface area (Å²) in [7, 11) is 0. The molecule has 1 aliphatic carbocycles. The third-order valence-electron chi connectivity index (χ3n) is 4.03. The number of ether oxygens (including phenoxy) is 1. The molecule has 1 fully saturated rings. The number of esters is 1. The van der Waals surface area contributed by atoms with Gasteiger partial charge in [-0.15, -0.1) is 0 Å². The van der Waals surface area contributed by atoms with Crippen molar-refractivity contribution < 1.29 is 14.3 Å². The van der Waals surface area contributed by atoms with E-state index >= 15 is 0 Å². The van der Waals surface area contributed by atoms with Crippen LogP contribution in [0.5, 0.6) is 0 Å². The number of benzene rings is 1. The first kappa shape index (κ1) is 18.4. The summed E-state index contributed by atoms with van der Waals surface area (Å²) in [6.07, 6.45) is 6.08. The van der Waals surface area contributed by atoms with Crippen LogP contribution in [0.4, 0.5) is 5.69 Å². The summed E-state index contributed by atoms with van der Waals surface area (Å²) in [6.45, 7) is 2.36. The van der Waals surface area contributed by atoms with Crippen LogP contribution in [0.2, 0.25) is 0 Å². The quantitative estimate of drug-likeness (QED) is 0.628. The lowest BCUT2D eigenvalue weighted by atomic mass is 9.89. The van der Waals surface area contributed by atoms with Crippen LogP contribution in [0, 0.1) is 5.92 Å². The molecule has 1 aromatic rings. The van der Waals surface area contributed by atoms with Gasteiger partial charge in [0.15, 0.2) is 5.11 Å². The van der Waals surface area contributed by atoms with Gasteiger partial charge in [-0.25, -0.2) is 4.79 Å². The molecule has 130 valence electrons. The fraction of sp³-hybridized carbons (Fsp3) is 0.500. The Balaban J connectivity index is 1.83. The Labute approximate surface area is 148 Å². The van der Waals surface area contributed by atoms with Crippen molar-refractivity contribution in [3.05, 3.63) is 29.8 Å². The van der Waals surface area contributed by atoms with Crippen molar-refractivity contribution in [3.63, 3.8) is 0 Å². The first-order chi connectivity index (χ1) is 11.6. The lowest BCUT2D eigenvalue weighted by Gasteiger charge is -2.21. The zero-order chi connectivity index (χ0) is 17.4. The van der Waals surface area contributed by atoms with Gasteiger partial charge in [-0.3, -0.25) is 4.79 Å². The summed E-state index contributed by atoms with van der Waals surface area (Å²) < 4.78 is 5.08. The smallest absolute Gasteiger partial charge is 0.338 e. The first-order valence-corrected chi connectivity index (χ1v) is 8.90. The van der Waals surface area contributed by atoms with Crippen molar-refractivity contribution in [3.8, 4) is 0 Å². The average Bonchev–Trinajstić information content (AvgIpc) is 2.61.